The average Bonchev–Trinajstić information content (AvgIpc) is 2.89. The van der Waals surface area contributed by atoms with E-state index in [0.717, 1.165) is 11.6 Å². The SMILES string of the molecule is CCc1ccc(NC2=CC3=NCN(C)C3=CC2(F)C(N)=O)c(F)c1. The molecule has 24 heavy (non-hydrogen) atoms. The van der Waals surface area contributed by atoms with E-state index in [1.807, 2.05) is 6.92 Å². The van der Waals surface area contributed by atoms with Gasteiger partial charge in [0.05, 0.1) is 22.8 Å². The van der Waals surface area contributed by atoms with Gasteiger partial charge in [0.25, 0.3) is 5.91 Å². The minimum Gasteiger partial charge on any atom is -0.366 e. The standard InChI is InChI=1S/C17H18F2N4O/c1-3-10-4-5-12(11(18)6-10)22-15-7-13-14(23(2)9-21-13)8-17(15,19)16(20)24/h4-8,22H,3,9H2,1-2H3,(H2,20,24). The van der Waals surface area contributed by atoms with E-state index in [1.165, 1.54) is 18.2 Å². The highest BCUT2D eigenvalue weighted by Gasteiger charge is 2.44. The van der Waals surface area contributed by atoms with Gasteiger partial charge in [-0.05, 0) is 36.3 Å². The van der Waals surface area contributed by atoms with Gasteiger partial charge in [-0.15, -0.1) is 0 Å². The van der Waals surface area contributed by atoms with Crippen molar-refractivity contribution < 1.29 is 13.6 Å². The minimum atomic E-state index is -2.55. The number of hydrogen-bond acceptors (Lipinski definition) is 4. The third kappa shape index (κ3) is 2.55. The number of alkyl halides is 1. The molecule has 0 radical (unpaired) electrons. The summed E-state index contributed by atoms with van der Waals surface area (Å²) in [5.74, 6) is -1.69. The zero-order valence-electron chi connectivity index (χ0n) is 13.4. The summed E-state index contributed by atoms with van der Waals surface area (Å²) in [7, 11) is 1.74. The molecular weight excluding hydrogens is 314 g/mol. The van der Waals surface area contributed by atoms with Crippen LogP contribution < -0.4 is 11.1 Å². The number of allylic oxidation sites excluding steroid dienone is 1. The fourth-order valence-electron chi connectivity index (χ4n) is 2.70. The van der Waals surface area contributed by atoms with Crippen molar-refractivity contribution >= 4 is 17.3 Å². The number of carbonyl (C=O) groups excluding carboxylic acids is 1. The zero-order chi connectivity index (χ0) is 17.5. The number of nitrogens with zero attached hydrogens (tertiary/aromatic N) is 2. The summed E-state index contributed by atoms with van der Waals surface area (Å²) in [6, 6.07) is 4.62. The monoisotopic (exact) mass is 332 g/mol. The number of rotatable bonds is 4. The average molecular weight is 332 g/mol. The van der Waals surface area contributed by atoms with Gasteiger partial charge in [-0.25, -0.2) is 8.78 Å². The van der Waals surface area contributed by atoms with Crippen molar-refractivity contribution in [2.24, 2.45) is 10.7 Å². The Kier molecular flexibility index (Phi) is 3.87. The third-order valence-corrected chi connectivity index (χ3v) is 4.21. The first-order valence-electron chi connectivity index (χ1n) is 7.60. The topological polar surface area (TPSA) is 70.7 Å². The van der Waals surface area contributed by atoms with E-state index in [1.54, 1.807) is 18.0 Å². The lowest BCUT2D eigenvalue weighted by Crippen LogP contribution is -2.45. The second kappa shape index (κ2) is 5.74. The van der Waals surface area contributed by atoms with E-state index in [0.29, 0.717) is 24.5 Å². The summed E-state index contributed by atoms with van der Waals surface area (Å²) < 4.78 is 29.4. The Hall–Kier alpha value is -2.70. The van der Waals surface area contributed by atoms with Gasteiger partial charge in [0.2, 0.25) is 5.67 Å². The summed E-state index contributed by atoms with van der Waals surface area (Å²) >= 11 is 0. The van der Waals surface area contributed by atoms with Crippen LogP contribution in [-0.4, -0.2) is 35.9 Å². The normalized spacial score (nSPS) is 22.5. The molecule has 0 spiro atoms. The van der Waals surface area contributed by atoms with Crippen LogP contribution in [0.25, 0.3) is 0 Å². The first kappa shape index (κ1) is 16.2. The van der Waals surface area contributed by atoms with Crippen molar-refractivity contribution in [2.75, 3.05) is 19.0 Å². The Labute approximate surface area is 138 Å². The van der Waals surface area contributed by atoms with Crippen LogP contribution in [0.2, 0.25) is 0 Å². The van der Waals surface area contributed by atoms with Crippen LogP contribution >= 0.6 is 0 Å². The Balaban J connectivity index is 2.00. The lowest BCUT2D eigenvalue weighted by atomic mass is 9.91. The van der Waals surface area contributed by atoms with Crippen LogP contribution in [0.3, 0.4) is 0 Å². The second-order valence-electron chi connectivity index (χ2n) is 5.84. The maximum absolute atomic E-state index is 15.2. The highest BCUT2D eigenvalue weighted by Crippen LogP contribution is 2.34. The van der Waals surface area contributed by atoms with Crippen molar-refractivity contribution in [1.82, 2.24) is 4.90 Å². The minimum absolute atomic E-state index is 0.0746. The van der Waals surface area contributed by atoms with E-state index >= 15 is 4.39 Å². The van der Waals surface area contributed by atoms with Crippen LogP contribution in [0.4, 0.5) is 14.5 Å². The quantitative estimate of drug-likeness (QED) is 0.887. The van der Waals surface area contributed by atoms with Gasteiger partial charge < -0.3 is 16.0 Å². The van der Waals surface area contributed by atoms with E-state index < -0.39 is 17.4 Å². The van der Waals surface area contributed by atoms with Gasteiger partial charge in [-0.1, -0.05) is 13.0 Å². The molecule has 0 fully saturated rings. The molecule has 1 heterocycles. The van der Waals surface area contributed by atoms with E-state index in [9.17, 15) is 9.18 Å². The van der Waals surface area contributed by atoms with Crippen LogP contribution in [0, 0.1) is 5.82 Å². The molecule has 3 N–H and O–H groups in total. The molecule has 0 aromatic heterocycles. The molecule has 126 valence electrons. The number of carbonyl (C=O) groups is 1. The Morgan fingerprint density at radius 3 is 2.88 bits per heavy atom. The molecule has 0 saturated carbocycles. The van der Waals surface area contributed by atoms with Crippen molar-refractivity contribution in [3.05, 3.63) is 53.1 Å². The summed E-state index contributed by atoms with van der Waals surface area (Å²) in [6.07, 6.45) is 3.21. The smallest absolute Gasteiger partial charge is 0.265 e. The van der Waals surface area contributed by atoms with Gasteiger partial charge in [0, 0.05) is 7.05 Å². The number of aryl methyl sites for hydroxylation is 1. The van der Waals surface area contributed by atoms with Crippen molar-refractivity contribution in [2.45, 2.75) is 19.0 Å². The fraction of sp³-hybridized carbons (Fsp3) is 0.294. The van der Waals surface area contributed by atoms with Crippen molar-refractivity contribution in [1.29, 1.82) is 0 Å². The van der Waals surface area contributed by atoms with E-state index in [2.05, 4.69) is 10.3 Å². The van der Waals surface area contributed by atoms with Gasteiger partial charge in [-0.3, -0.25) is 9.79 Å². The number of primary amides is 1. The summed E-state index contributed by atoms with van der Waals surface area (Å²) in [5.41, 5.74) is 4.48. The number of nitrogens with one attached hydrogen (secondary N) is 1. The summed E-state index contributed by atoms with van der Waals surface area (Å²) in [6.45, 7) is 2.27. The number of aliphatic imine (C=N–C) groups is 1. The highest BCUT2D eigenvalue weighted by atomic mass is 19.1. The number of nitrogens with two attached hydrogens (primary N) is 1. The van der Waals surface area contributed by atoms with Gasteiger partial charge in [0.15, 0.2) is 0 Å². The molecule has 2 aliphatic rings. The number of amides is 1. The van der Waals surface area contributed by atoms with Crippen molar-refractivity contribution in [3.63, 3.8) is 0 Å². The first-order chi connectivity index (χ1) is 11.3. The maximum Gasteiger partial charge on any atom is 0.265 e. The highest BCUT2D eigenvalue weighted by molar-refractivity contribution is 6.13. The molecular formula is C17H18F2N4O. The Morgan fingerprint density at radius 1 is 1.50 bits per heavy atom. The lowest BCUT2D eigenvalue weighted by Gasteiger charge is -2.29. The third-order valence-electron chi connectivity index (χ3n) is 4.21. The van der Waals surface area contributed by atoms with Gasteiger partial charge >= 0.3 is 0 Å². The summed E-state index contributed by atoms with van der Waals surface area (Å²) in [4.78, 5) is 17.7. The lowest BCUT2D eigenvalue weighted by molar-refractivity contribution is -0.124. The molecule has 0 bridgehead atoms. The zero-order valence-corrected chi connectivity index (χ0v) is 13.4. The first-order valence-corrected chi connectivity index (χ1v) is 7.60. The van der Waals surface area contributed by atoms with Gasteiger partial charge in [0.1, 0.15) is 12.5 Å². The number of fused-ring (bicyclic) bond motifs is 1. The molecule has 1 amide bonds. The van der Waals surface area contributed by atoms with Crippen LogP contribution in [0.15, 0.2) is 46.7 Å². The number of benzene rings is 1. The Bertz CT molecular complexity index is 800. The van der Waals surface area contributed by atoms with E-state index in [4.69, 9.17) is 5.73 Å². The predicted molar refractivity (Wildman–Crippen MR) is 88.7 cm³/mol. The molecule has 3 rings (SSSR count). The molecule has 7 heteroatoms. The molecule has 1 aromatic rings. The molecule has 1 aromatic carbocycles. The number of anilines is 1. The molecule has 1 unspecified atom stereocenters. The van der Waals surface area contributed by atoms with Crippen LogP contribution in [0.5, 0.6) is 0 Å². The Morgan fingerprint density at radius 2 is 2.25 bits per heavy atom. The second-order valence-corrected chi connectivity index (χ2v) is 5.84. The largest absolute Gasteiger partial charge is 0.366 e. The maximum atomic E-state index is 15.2. The number of halogens is 2. The van der Waals surface area contributed by atoms with Crippen LogP contribution in [0.1, 0.15) is 12.5 Å². The molecule has 1 aliphatic carbocycles. The molecule has 1 aliphatic heterocycles. The van der Waals surface area contributed by atoms with E-state index in [-0.39, 0.29) is 11.4 Å². The van der Waals surface area contributed by atoms with Gasteiger partial charge in [-0.2, -0.15) is 0 Å². The van der Waals surface area contributed by atoms with Crippen molar-refractivity contribution in [3.8, 4) is 0 Å². The predicted octanol–water partition coefficient (Wildman–Crippen LogP) is 2.12. The summed E-state index contributed by atoms with van der Waals surface area (Å²) in [5, 5.41) is 2.67. The van der Waals surface area contributed by atoms with Crippen LogP contribution in [-0.2, 0) is 11.2 Å². The molecule has 0 saturated heterocycles. The number of hydrogen-bond donors (Lipinski definition) is 2. The fourth-order valence-corrected chi connectivity index (χ4v) is 2.70. The molecule has 1 atom stereocenters. The molecule has 5 nitrogen and oxygen atoms in total.